The number of aryl methyl sites for hydroxylation is 1. The first-order chi connectivity index (χ1) is 10.1. The summed E-state index contributed by atoms with van der Waals surface area (Å²) < 4.78 is 19.8. The van der Waals surface area contributed by atoms with E-state index in [0.29, 0.717) is 12.1 Å². The molecule has 0 aliphatic heterocycles. The first kappa shape index (κ1) is 15.7. The lowest BCUT2D eigenvalue weighted by molar-refractivity contribution is 0.164. The highest BCUT2D eigenvalue weighted by atomic mass is 19.1. The number of hydrogen-bond donors (Lipinski definition) is 1. The molecule has 1 heterocycles. The molecular weight excluding hydrogens is 267 g/mol. The van der Waals surface area contributed by atoms with Gasteiger partial charge in [-0.25, -0.2) is 4.39 Å². The van der Waals surface area contributed by atoms with E-state index in [4.69, 9.17) is 10.2 Å². The van der Waals surface area contributed by atoms with E-state index in [-0.39, 0.29) is 17.9 Å². The molecule has 0 aliphatic rings. The minimum Gasteiger partial charge on any atom is -0.464 e. The van der Waals surface area contributed by atoms with Gasteiger partial charge in [0.05, 0.1) is 6.04 Å². The third-order valence-electron chi connectivity index (χ3n) is 4.04. The van der Waals surface area contributed by atoms with Crippen LogP contribution in [0.5, 0.6) is 0 Å². The van der Waals surface area contributed by atoms with Crippen LogP contribution in [0.3, 0.4) is 0 Å². The molecule has 3 nitrogen and oxygen atoms in total. The molecule has 0 saturated heterocycles. The highest BCUT2D eigenvalue weighted by Crippen LogP contribution is 2.30. The minimum atomic E-state index is -0.193. The Bertz CT molecular complexity index is 582. The molecule has 21 heavy (non-hydrogen) atoms. The second kappa shape index (κ2) is 6.87. The second-order valence-electron chi connectivity index (χ2n) is 5.27. The van der Waals surface area contributed by atoms with Gasteiger partial charge in [-0.2, -0.15) is 0 Å². The third kappa shape index (κ3) is 3.34. The van der Waals surface area contributed by atoms with Gasteiger partial charge in [-0.1, -0.05) is 25.1 Å². The highest BCUT2D eigenvalue weighted by molar-refractivity contribution is 5.21. The van der Waals surface area contributed by atoms with E-state index < -0.39 is 0 Å². The van der Waals surface area contributed by atoms with Gasteiger partial charge < -0.3 is 10.2 Å². The van der Waals surface area contributed by atoms with Gasteiger partial charge in [0.15, 0.2) is 0 Å². The second-order valence-corrected chi connectivity index (χ2v) is 5.27. The van der Waals surface area contributed by atoms with Gasteiger partial charge >= 0.3 is 0 Å². The zero-order valence-corrected chi connectivity index (χ0v) is 12.8. The SMILES string of the molecule is CCc1ccc(C(CN)N(C)C(C)c2ccccc2F)o1. The Morgan fingerprint density at radius 3 is 2.52 bits per heavy atom. The number of benzene rings is 1. The molecule has 0 saturated carbocycles. The molecule has 2 rings (SSSR count). The lowest BCUT2D eigenvalue weighted by atomic mass is 10.0. The standard InChI is InChI=1S/C17H23FN2O/c1-4-13-9-10-17(21-13)16(11-19)20(3)12(2)14-7-5-6-8-15(14)18/h5-10,12,16H,4,11,19H2,1-3H3. The molecule has 0 aliphatic carbocycles. The number of hydrogen-bond acceptors (Lipinski definition) is 3. The molecule has 0 spiro atoms. The van der Waals surface area contributed by atoms with Crippen molar-refractivity contribution in [1.82, 2.24) is 4.90 Å². The van der Waals surface area contributed by atoms with Crippen LogP contribution in [0.1, 0.15) is 43.0 Å². The van der Waals surface area contributed by atoms with Gasteiger partial charge in [0, 0.05) is 24.6 Å². The lowest BCUT2D eigenvalue weighted by Crippen LogP contribution is -2.32. The number of furan rings is 1. The highest BCUT2D eigenvalue weighted by Gasteiger charge is 2.25. The lowest BCUT2D eigenvalue weighted by Gasteiger charge is -2.31. The topological polar surface area (TPSA) is 42.4 Å². The van der Waals surface area contributed by atoms with Crippen LogP contribution in [-0.2, 0) is 6.42 Å². The van der Waals surface area contributed by atoms with Crippen LogP contribution >= 0.6 is 0 Å². The Balaban J connectivity index is 2.23. The predicted molar refractivity (Wildman–Crippen MR) is 82.5 cm³/mol. The molecule has 2 atom stereocenters. The molecule has 1 aromatic carbocycles. The average molecular weight is 290 g/mol. The number of nitrogens with two attached hydrogens (primary N) is 1. The fraction of sp³-hybridized carbons (Fsp3) is 0.412. The van der Waals surface area contributed by atoms with E-state index >= 15 is 0 Å². The molecule has 0 fully saturated rings. The molecule has 0 amide bonds. The van der Waals surface area contributed by atoms with Crippen molar-refractivity contribution in [3.63, 3.8) is 0 Å². The number of likely N-dealkylation sites (N-methyl/N-ethyl adjacent to an activating group) is 1. The van der Waals surface area contributed by atoms with Crippen molar-refractivity contribution in [3.8, 4) is 0 Å². The van der Waals surface area contributed by atoms with Crippen LogP contribution in [0, 0.1) is 5.82 Å². The fourth-order valence-corrected chi connectivity index (χ4v) is 2.55. The van der Waals surface area contributed by atoms with Crippen molar-refractivity contribution in [2.75, 3.05) is 13.6 Å². The molecule has 2 N–H and O–H groups in total. The van der Waals surface area contributed by atoms with Gasteiger partial charge in [-0.3, -0.25) is 4.90 Å². The average Bonchev–Trinajstić information content (AvgIpc) is 2.96. The van der Waals surface area contributed by atoms with Crippen LogP contribution in [-0.4, -0.2) is 18.5 Å². The van der Waals surface area contributed by atoms with E-state index in [9.17, 15) is 4.39 Å². The molecular formula is C17H23FN2O. The number of rotatable bonds is 6. The van der Waals surface area contributed by atoms with Crippen LogP contribution in [0.4, 0.5) is 4.39 Å². The Labute approximate surface area is 125 Å². The molecule has 4 heteroatoms. The van der Waals surface area contributed by atoms with Crippen molar-refractivity contribution < 1.29 is 8.81 Å². The maximum absolute atomic E-state index is 13.9. The first-order valence-electron chi connectivity index (χ1n) is 7.33. The fourth-order valence-electron chi connectivity index (χ4n) is 2.55. The summed E-state index contributed by atoms with van der Waals surface area (Å²) >= 11 is 0. The zero-order chi connectivity index (χ0) is 15.4. The molecule has 1 aromatic heterocycles. The summed E-state index contributed by atoms with van der Waals surface area (Å²) in [6, 6.07) is 10.6. The van der Waals surface area contributed by atoms with Crippen molar-refractivity contribution in [3.05, 3.63) is 59.3 Å². The van der Waals surface area contributed by atoms with Crippen LogP contribution in [0.15, 0.2) is 40.8 Å². The monoisotopic (exact) mass is 290 g/mol. The van der Waals surface area contributed by atoms with E-state index in [1.54, 1.807) is 6.07 Å². The summed E-state index contributed by atoms with van der Waals surface area (Å²) in [5.41, 5.74) is 6.58. The normalized spacial score (nSPS) is 14.4. The van der Waals surface area contributed by atoms with Crippen molar-refractivity contribution in [1.29, 1.82) is 0 Å². The van der Waals surface area contributed by atoms with Crippen molar-refractivity contribution in [2.24, 2.45) is 5.73 Å². The van der Waals surface area contributed by atoms with Crippen LogP contribution in [0.2, 0.25) is 0 Å². The Hall–Kier alpha value is -1.65. The van der Waals surface area contributed by atoms with Crippen molar-refractivity contribution >= 4 is 0 Å². The van der Waals surface area contributed by atoms with Crippen LogP contribution in [0.25, 0.3) is 0 Å². The quantitative estimate of drug-likeness (QED) is 0.882. The summed E-state index contributed by atoms with van der Waals surface area (Å²) in [7, 11) is 1.95. The molecule has 114 valence electrons. The van der Waals surface area contributed by atoms with E-state index in [1.807, 2.05) is 45.2 Å². The largest absolute Gasteiger partial charge is 0.464 e. The van der Waals surface area contributed by atoms with Crippen LogP contribution < -0.4 is 5.73 Å². The minimum absolute atomic E-state index is 0.0695. The van der Waals surface area contributed by atoms with Crippen molar-refractivity contribution in [2.45, 2.75) is 32.4 Å². The molecule has 0 bridgehead atoms. The molecule has 2 unspecified atom stereocenters. The summed E-state index contributed by atoms with van der Waals surface area (Å²) in [6.07, 6.45) is 0.851. The third-order valence-corrected chi connectivity index (χ3v) is 4.04. The predicted octanol–water partition coefficient (Wildman–Crippen LogP) is 3.67. The van der Waals surface area contributed by atoms with E-state index in [1.165, 1.54) is 6.07 Å². The maximum Gasteiger partial charge on any atom is 0.127 e. The van der Waals surface area contributed by atoms with Gasteiger partial charge in [0.1, 0.15) is 17.3 Å². The Morgan fingerprint density at radius 2 is 1.95 bits per heavy atom. The summed E-state index contributed by atoms with van der Waals surface area (Å²) in [5.74, 6) is 1.58. The number of halogens is 1. The number of nitrogens with zero attached hydrogens (tertiary/aromatic N) is 1. The van der Waals surface area contributed by atoms with Gasteiger partial charge in [-0.15, -0.1) is 0 Å². The van der Waals surface area contributed by atoms with Gasteiger partial charge in [0.25, 0.3) is 0 Å². The summed E-state index contributed by atoms with van der Waals surface area (Å²) in [6.45, 7) is 4.45. The molecule has 0 radical (unpaired) electrons. The Kier molecular flexibility index (Phi) is 5.15. The zero-order valence-electron chi connectivity index (χ0n) is 12.8. The summed E-state index contributed by atoms with van der Waals surface area (Å²) in [4.78, 5) is 2.05. The first-order valence-corrected chi connectivity index (χ1v) is 7.33. The summed E-state index contributed by atoms with van der Waals surface area (Å²) in [5, 5.41) is 0. The smallest absolute Gasteiger partial charge is 0.127 e. The van der Waals surface area contributed by atoms with E-state index in [2.05, 4.69) is 4.90 Å². The maximum atomic E-state index is 13.9. The molecule has 2 aromatic rings. The van der Waals surface area contributed by atoms with Gasteiger partial charge in [0.2, 0.25) is 0 Å². The Morgan fingerprint density at radius 1 is 1.24 bits per heavy atom. The van der Waals surface area contributed by atoms with Gasteiger partial charge in [-0.05, 0) is 32.2 Å². The van der Waals surface area contributed by atoms with E-state index in [0.717, 1.165) is 17.9 Å².